The van der Waals surface area contributed by atoms with Crippen molar-refractivity contribution in [2.24, 2.45) is 29.6 Å². The molecule has 1 aliphatic rings. The van der Waals surface area contributed by atoms with Gasteiger partial charge in [0.05, 0.1) is 18.3 Å². The van der Waals surface area contributed by atoms with Crippen LogP contribution in [0.25, 0.3) is 0 Å². The SMILES string of the molecule is CCC[CH2][Sn](/[CH]=C/[C@@H](C)C[C@@H](C)C(=O)[C@H](OC)[C@H](O[Si](C(C)C)(C(C)C)C(C)C)/C(C)=C/[C@@H](C)[C@H](O)C[C@H](O)[C@H](C)C[C@@H]1CC[C@@H](O[Si](C(C)C)(C(C)C)C(C)C)[C@H](OC)C1)([CH2]CCC)[CH2]CCC. The van der Waals surface area contributed by atoms with Gasteiger partial charge in [-0.2, -0.15) is 0 Å². The number of aliphatic hydroxyl groups excluding tert-OH is 2. The molecule has 0 spiro atoms. The van der Waals surface area contributed by atoms with E-state index in [4.69, 9.17) is 18.3 Å². The predicted octanol–water partition coefficient (Wildman–Crippen LogP) is 16.8. The molecule has 1 aliphatic carbocycles. The van der Waals surface area contributed by atoms with E-state index < -0.39 is 59.4 Å². The fraction of sp³-hybridized carbons (Fsp3) is 0.915. The normalized spacial score (nSPS) is 21.8. The molecule has 10 heteroatoms. The van der Waals surface area contributed by atoms with Crippen molar-refractivity contribution in [3.05, 3.63) is 21.8 Å². The van der Waals surface area contributed by atoms with E-state index in [0.717, 1.165) is 37.7 Å². The van der Waals surface area contributed by atoms with E-state index in [1.807, 2.05) is 14.0 Å². The van der Waals surface area contributed by atoms with Gasteiger partial charge >= 0.3 is 276 Å². The van der Waals surface area contributed by atoms with Crippen LogP contribution in [0.2, 0.25) is 46.6 Å². The number of carbonyl (C=O) groups excluding carboxylic acids is 1. The number of Topliss-reactive ketones (excluding diaryl/α,β-unsaturated/α-hetero) is 1. The van der Waals surface area contributed by atoms with Crippen LogP contribution in [-0.4, -0.2) is 102 Å². The van der Waals surface area contributed by atoms with Crippen LogP contribution in [0.4, 0.5) is 0 Å². The number of ether oxygens (including phenoxy) is 2. The number of carbonyl (C=O) groups is 1. The van der Waals surface area contributed by atoms with Gasteiger partial charge in [-0.25, -0.2) is 0 Å². The first-order valence-corrected chi connectivity index (χ1v) is 40.9. The molecule has 1 fully saturated rings. The summed E-state index contributed by atoms with van der Waals surface area (Å²) in [5.41, 5.74) is 3.46. The summed E-state index contributed by atoms with van der Waals surface area (Å²) in [5, 5.41) is 23.5. The van der Waals surface area contributed by atoms with Gasteiger partial charge < -0.3 is 19.4 Å². The molecule has 69 heavy (non-hydrogen) atoms. The van der Waals surface area contributed by atoms with Crippen LogP contribution in [0.5, 0.6) is 0 Å². The summed E-state index contributed by atoms with van der Waals surface area (Å²) in [6.45, 7) is 45.5. The molecule has 11 atom stereocenters. The summed E-state index contributed by atoms with van der Waals surface area (Å²) in [6, 6.07) is 0. The van der Waals surface area contributed by atoms with E-state index in [9.17, 15) is 15.0 Å². The van der Waals surface area contributed by atoms with Gasteiger partial charge in [0.2, 0.25) is 8.32 Å². The molecule has 408 valence electrons. The first-order chi connectivity index (χ1) is 32.2. The summed E-state index contributed by atoms with van der Waals surface area (Å²) < 4.78 is 34.4. The Morgan fingerprint density at radius 1 is 0.652 bits per heavy atom. The van der Waals surface area contributed by atoms with Gasteiger partial charge in [-0.1, -0.05) is 48.5 Å². The Bertz CT molecular complexity index is 1400. The maximum atomic E-state index is 14.9. The number of rotatable bonds is 36. The van der Waals surface area contributed by atoms with Gasteiger partial charge in [0.15, 0.2) is 0 Å². The third-order valence-electron chi connectivity index (χ3n) is 17.6. The van der Waals surface area contributed by atoms with Crippen molar-refractivity contribution in [1.29, 1.82) is 0 Å². The summed E-state index contributed by atoms with van der Waals surface area (Å²) in [6.07, 6.45) is 14.8. The van der Waals surface area contributed by atoms with E-state index in [1.54, 1.807) is 7.11 Å². The van der Waals surface area contributed by atoms with Gasteiger partial charge in [0, 0.05) is 13.5 Å². The second-order valence-electron chi connectivity index (χ2n) is 24.8. The Labute approximate surface area is 435 Å². The minimum atomic E-state index is -2.49. The molecule has 0 heterocycles. The monoisotopic (exact) mass is 1110 g/mol. The number of allylic oxidation sites excluding steroid dienone is 1. The van der Waals surface area contributed by atoms with E-state index >= 15 is 0 Å². The zero-order valence-electron chi connectivity index (χ0n) is 49.6. The summed E-state index contributed by atoms with van der Waals surface area (Å²) in [7, 11) is -1.03. The topological polar surface area (TPSA) is 94.5 Å². The molecule has 0 radical (unpaired) electrons. The van der Waals surface area contributed by atoms with Gasteiger partial charge in [-0.05, 0) is 54.1 Å². The Kier molecular flexibility index (Phi) is 31.7. The zero-order chi connectivity index (χ0) is 53.0. The number of hydrogen-bond donors (Lipinski definition) is 2. The van der Waals surface area contributed by atoms with Crippen molar-refractivity contribution >= 4 is 40.8 Å². The van der Waals surface area contributed by atoms with Crippen molar-refractivity contribution in [2.75, 3.05) is 14.2 Å². The quantitative estimate of drug-likeness (QED) is 0.0477. The van der Waals surface area contributed by atoms with Crippen LogP contribution in [-0.2, 0) is 23.1 Å². The molecule has 0 aliphatic heterocycles. The number of ketones is 1. The van der Waals surface area contributed by atoms with Crippen LogP contribution >= 0.6 is 0 Å². The second kappa shape index (κ2) is 32.6. The molecule has 1 rings (SSSR count). The Balaban J connectivity index is 3.41. The molecule has 0 aromatic carbocycles. The summed E-state index contributed by atoms with van der Waals surface area (Å²) in [4.78, 5) is 14.9. The minimum absolute atomic E-state index is 0.0244. The van der Waals surface area contributed by atoms with Crippen LogP contribution in [0, 0.1) is 29.6 Å². The molecule has 0 bridgehead atoms. The van der Waals surface area contributed by atoms with Gasteiger partial charge in [0.1, 0.15) is 0 Å². The van der Waals surface area contributed by atoms with Crippen molar-refractivity contribution < 1.29 is 33.3 Å². The fourth-order valence-electron chi connectivity index (χ4n) is 13.5. The van der Waals surface area contributed by atoms with E-state index in [0.29, 0.717) is 45.1 Å². The fourth-order valence-corrected chi connectivity index (χ4v) is 39.4. The van der Waals surface area contributed by atoms with Gasteiger partial charge in [0.25, 0.3) is 0 Å². The van der Waals surface area contributed by atoms with Crippen molar-refractivity contribution in [3.8, 4) is 0 Å². The van der Waals surface area contributed by atoms with Crippen LogP contribution < -0.4 is 0 Å². The average molecular weight is 1110 g/mol. The number of methoxy groups -OCH3 is 2. The van der Waals surface area contributed by atoms with E-state index in [-0.39, 0.29) is 42.2 Å². The average Bonchev–Trinajstić information content (AvgIpc) is 3.28. The molecule has 0 saturated heterocycles. The Morgan fingerprint density at radius 3 is 1.55 bits per heavy atom. The van der Waals surface area contributed by atoms with E-state index in [2.05, 4.69) is 148 Å². The number of aliphatic hydroxyl groups is 2. The Hall–Kier alpha value is 0.142. The zero-order valence-corrected chi connectivity index (χ0v) is 54.4. The Morgan fingerprint density at radius 2 is 1.13 bits per heavy atom. The number of hydrogen-bond acceptors (Lipinski definition) is 7. The number of unbranched alkanes of at least 4 members (excludes halogenated alkanes) is 3. The molecule has 1 saturated carbocycles. The third kappa shape index (κ3) is 19.3. The molecular formula is C59H118O7Si2Sn. The summed E-state index contributed by atoms with van der Waals surface area (Å²) >= 11 is -2.47. The predicted molar refractivity (Wildman–Crippen MR) is 306 cm³/mol. The van der Waals surface area contributed by atoms with Gasteiger partial charge in [-0.3, -0.25) is 0 Å². The van der Waals surface area contributed by atoms with Crippen LogP contribution in [0.3, 0.4) is 0 Å². The summed E-state index contributed by atoms with van der Waals surface area (Å²) in [5.74, 6) is 0.384. The standard InChI is InChI=1S/C47H91O7Si2.3C4H9.Sn/c1-21-35(14)24-38(17)45(50)47(52-20)46(54-56(32(8)9,33(10)11)34(12)13)39(18)25-36(15)41(48)28-42(49)37(16)26-40-22-23-43(44(27-40)51-19)53-55(29(2)3,30(4)5)31(6)7;3*1-3-4-2;/h1,21,25,29-38,40-44,46-49H,22-24,26-28H2,2-20H3;3*1,3-4H2,2H3;/b21-1?,39-25+;;;;/t35-,36-,37-,38-,40+,41-,42+,43-,44-,46-,47+;;;;/m1..../s1. The van der Waals surface area contributed by atoms with Crippen LogP contribution in [0.15, 0.2) is 21.8 Å². The maximum absolute atomic E-state index is 14.9. The van der Waals surface area contributed by atoms with Crippen molar-refractivity contribution in [1.82, 2.24) is 0 Å². The molecule has 0 aromatic heterocycles. The van der Waals surface area contributed by atoms with Crippen molar-refractivity contribution in [3.63, 3.8) is 0 Å². The molecule has 0 aromatic rings. The van der Waals surface area contributed by atoms with Gasteiger partial charge in [-0.15, -0.1) is 0 Å². The van der Waals surface area contributed by atoms with E-state index in [1.165, 1.54) is 51.8 Å². The molecule has 2 N–H and O–H groups in total. The second-order valence-corrected chi connectivity index (χ2v) is 48.7. The first kappa shape index (κ1) is 67.2. The van der Waals surface area contributed by atoms with Crippen molar-refractivity contribution in [2.45, 2.75) is 299 Å². The molecular weight excluding hydrogens is 996 g/mol. The molecule has 0 amide bonds. The first-order valence-electron chi connectivity index (χ1n) is 28.9. The molecule has 7 nitrogen and oxygen atoms in total. The molecule has 0 unspecified atom stereocenters. The third-order valence-corrected chi connectivity index (χ3v) is 43.9. The van der Waals surface area contributed by atoms with Crippen LogP contribution in [0.1, 0.15) is 216 Å².